The van der Waals surface area contributed by atoms with Gasteiger partial charge in [0.1, 0.15) is 0 Å². The Kier molecular flexibility index (Phi) is 3.72. The summed E-state index contributed by atoms with van der Waals surface area (Å²) in [6.07, 6.45) is 1.97. The van der Waals surface area contributed by atoms with Crippen LogP contribution < -0.4 is 0 Å². The van der Waals surface area contributed by atoms with Crippen LogP contribution in [-0.4, -0.2) is 23.8 Å². The molecule has 0 bridgehead atoms. The van der Waals surface area contributed by atoms with Crippen LogP contribution in [0.3, 0.4) is 0 Å². The molecule has 0 aliphatic heterocycles. The fourth-order valence-corrected chi connectivity index (χ4v) is 2.08. The summed E-state index contributed by atoms with van der Waals surface area (Å²) < 4.78 is 4.96. The second kappa shape index (κ2) is 4.61. The Morgan fingerprint density at radius 3 is 2.69 bits per heavy atom. The number of aliphatic hydroxyl groups is 1. The number of ether oxygens (including phenoxy) is 1. The molecule has 0 spiro atoms. The summed E-state index contributed by atoms with van der Waals surface area (Å²) in [5.74, 6) is 0.111. The molecule has 13 heavy (non-hydrogen) atoms. The molecule has 0 aromatic carbocycles. The molecule has 0 heterocycles. The number of carbonyl (C=O) groups excluding carboxylic acids is 1. The second-order valence-electron chi connectivity index (χ2n) is 3.65. The van der Waals surface area contributed by atoms with E-state index >= 15 is 0 Å². The lowest BCUT2D eigenvalue weighted by Crippen LogP contribution is -2.21. The monoisotopic (exact) mass is 186 g/mol. The Morgan fingerprint density at radius 1 is 1.46 bits per heavy atom. The third kappa shape index (κ3) is 2.44. The highest BCUT2D eigenvalue weighted by Crippen LogP contribution is 2.34. The molecule has 1 N–H and O–H groups in total. The summed E-state index contributed by atoms with van der Waals surface area (Å²) in [4.78, 5) is 11.4. The minimum atomic E-state index is -0.306. The molecule has 76 valence electrons. The maximum Gasteiger partial charge on any atom is 0.309 e. The average molecular weight is 186 g/mol. The van der Waals surface area contributed by atoms with E-state index in [0.717, 1.165) is 12.8 Å². The van der Waals surface area contributed by atoms with E-state index < -0.39 is 0 Å². The molecular weight excluding hydrogens is 168 g/mol. The Morgan fingerprint density at radius 2 is 2.15 bits per heavy atom. The predicted molar refractivity (Wildman–Crippen MR) is 49.1 cm³/mol. The van der Waals surface area contributed by atoms with E-state index in [0.29, 0.717) is 18.9 Å². The van der Waals surface area contributed by atoms with E-state index in [-0.39, 0.29) is 18.0 Å². The van der Waals surface area contributed by atoms with Gasteiger partial charge in [0, 0.05) is 0 Å². The zero-order valence-corrected chi connectivity index (χ0v) is 8.32. The molecule has 1 aliphatic rings. The van der Waals surface area contributed by atoms with Crippen molar-refractivity contribution >= 4 is 5.97 Å². The second-order valence-corrected chi connectivity index (χ2v) is 3.65. The van der Waals surface area contributed by atoms with Crippen LogP contribution in [0.1, 0.15) is 33.1 Å². The highest BCUT2D eigenvalue weighted by atomic mass is 16.5. The predicted octanol–water partition coefficient (Wildman–Crippen LogP) is 1.35. The number of aliphatic hydroxyl groups excluding tert-OH is 1. The smallest absolute Gasteiger partial charge is 0.309 e. The van der Waals surface area contributed by atoms with E-state index in [2.05, 4.69) is 6.92 Å². The molecule has 0 saturated heterocycles. The van der Waals surface area contributed by atoms with Crippen LogP contribution in [0, 0.1) is 11.8 Å². The van der Waals surface area contributed by atoms with Gasteiger partial charge in [-0.2, -0.15) is 0 Å². The zero-order chi connectivity index (χ0) is 9.84. The molecule has 0 aromatic rings. The van der Waals surface area contributed by atoms with Gasteiger partial charge in [0.25, 0.3) is 0 Å². The zero-order valence-electron chi connectivity index (χ0n) is 8.32. The highest BCUT2D eigenvalue weighted by molar-refractivity contribution is 5.73. The number of esters is 1. The Labute approximate surface area is 79.1 Å². The van der Waals surface area contributed by atoms with Crippen LogP contribution >= 0.6 is 0 Å². The average Bonchev–Trinajstić information content (AvgIpc) is 2.47. The molecule has 0 amide bonds. The summed E-state index contributed by atoms with van der Waals surface area (Å²) in [6.45, 7) is 4.29. The van der Waals surface area contributed by atoms with Crippen molar-refractivity contribution in [2.24, 2.45) is 11.8 Å². The molecule has 0 unspecified atom stereocenters. The first-order chi connectivity index (χ1) is 6.19. The number of rotatable bonds is 3. The minimum Gasteiger partial charge on any atom is -0.466 e. The van der Waals surface area contributed by atoms with Crippen LogP contribution in [0.2, 0.25) is 0 Å². The van der Waals surface area contributed by atoms with E-state index in [1.807, 2.05) is 6.92 Å². The van der Waals surface area contributed by atoms with Gasteiger partial charge in [-0.05, 0) is 25.7 Å². The molecule has 0 radical (unpaired) electrons. The standard InChI is InChI=1S/C10H18O3/c1-3-7-5-8(11)6-9(7)10(12)13-4-2/h7-9,11H,3-6H2,1-2H3/t7-,8-,9-/m1/s1. The quantitative estimate of drug-likeness (QED) is 0.677. The molecule has 0 aromatic heterocycles. The van der Waals surface area contributed by atoms with Gasteiger partial charge < -0.3 is 9.84 Å². The molecule has 1 rings (SSSR count). The lowest BCUT2D eigenvalue weighted by atomic mass is 9.94. The van der Waals surface area contributed by atoms with Crippen LogP contribution in [0.25, 0.3) is 0 Å². The fraction of sp³-hybridized carbons (Fsp3) is 0.900. The van der Waals surface area contributed by atoms with E-state index in [4.69, 9.17) is 4.74 Å². The van der Waals surface area contributed by atoms with Crippen molar-refractivity contribution in [1.29, 1.82) is 0 Å². The number of carbonyl (C=O) groups is 1. The third-order valence-electron chi connectivity index (χ3n) is 2.78. The maximum atomic E-state index is 11.4. The summed E-state index contributed by atoms with van der Waals surface area (Å²) in [6, 6.07) is 0. The third-order valence-corrected chi connectivity index (χ3v) is 2.78. The summed E-state index contributed by atoms with van der Waals surface area (Å²) in [5, 5.41) is 9.41. The summed E-state index contributed by atoms with van der Waals surface area (Å²) in [5.41, 5.74) is 0. The van der Waals surface area contributed by atoms with Gasteiger partial charge in [-0.15, -0.1) is 0 Å². The highest BCUT2D eigenvalue weighted by Gasteiger charge is 2.37. The van der Waals surface area contributed by atoms with Crippen molar-refractivity contribution in [3.05, 3.63) is 0 Å². The fourth-order valence-electron chi connectivity index (χ4n) is 2.08. The van der Waals surface area contributed by atoms with Crippen molar-refractivity contribution in [3.8, 4) is 0 Å². The summed E-state index contributed by atoms with van der Waals surface area (Å²) >= 11 is 0. The van der Waals surface area contributed by atoms with Crippen LogP contribution in [0.4, 0.5) is 0 Å². The van der Waals surface area contributed by atoms with Crippen molar-refractivity contribution in [2.45, 2.75) is 39.2 Å². The number of hydrogen-bond donors (Lipinski definition) is 1. The molecule has 3 atom stereocenters. The minimum absolute atomic E-state index is 0.0695. The number of hydrogen-bond acceptors (Lipinski definition) is 3. The van der Waals surface area contributed by atoms with Gasteiger partial charge in [-0.1, -0.05) is 13.3 Å². The first kappa shape index (κ1) is 10.5. The maximum absolute atomic E-state index is 11.4. The van der Waals surface area contributed by atoms with Crippen LogP contribution in [0.5, 0.6) is 0 Å². The first-order valence-electron chi connectivity index (χ1n) is 5.03. The topological polar surface area (TPSA) is 46.5 Å². The van der Waals surface area contributed by atoms with Crippen molar-refractivity contribution in [3.63, 3.8) is 0 Å². The molecule has 3 nitrogen and oxygen atoms in total. The van der Waals surface area contributed by atoms with Gasteiger partial charge in [0.05, 0.1) is 18.6 Å². The molecular formula is C10H18O3. The first-order valence-corrected chi connectivity index (χ1v) is 5.03. The largest absolute Gasteiger partial charge is 0.466 e. The van der Waals surface area contributed by atoms with Crippen molar-refractivity contribution in [1.82, 2.24) is 0 Å². The normalized spacial score (nSPS) is 33.3. The van der Waals surface area contributed by atoms with Crippen LogP contribution in [0.15, 0.2) is 0 Å². The molecule has 1 aliphatic carbocycles. The van der Waals surface area contributed by atoms with E-state index in [1.54, 1.807) is 0 Å². The van der Waals surface area contributed by atoms with Gasteiger partial charge >= 0.3 is 5.97 Å². The lowest BCUT2D eigenvalue weighted by molar-refractivity contribution is -0.149. The van der Waals surface area contributed by atoms with Crippen LogP contribution in [-0.2, 0) is 9.53 Å². The van der Waals surface area contributed by atoms with E-state index in [1.165, 1.54) is 0 Å². The molecule has 1 saturated carbocycles. The van der Waals surface area contributed by atoms with Crippen molar-refractivity contribution in [2.75, 3.05) is 6.61 Å². The van der Waals surface area contributed by atoms with Gasteiger partial charge in [0.15, 0.2) is 0 Å². The molecule has 3 heteroatoms. The van der Waals surface area contributed by atoms with Crippen molar-refractivity contribution < 1.29 is 14.6 Å². The van der Waals surface area contributed by atoms with E-state index in [9.17, 15) is 9.90 Å². The SMILES string of the molecule is CCOC(=O)[C@@H]1C[C@H](O)C[C@H]1CC. The Hall–Kier alpha value is -0.570. The van der Waals surface area contributed by atoms with Gasteiger partial charge in [-0.3, -0.25) is 4.79 Å². The summed E-state index contributed by atoms with van der Waals surface area (Å²) in [7, 11) is 0. The van der Waals surface area contributed by atoms with Gasteiger partial charge in [-0.25, -0.2) is 0 Å². The Bertz CT molecular complexity index is 179. The Balaban J connectivity index is 2.52. The molecule has 1 fully saturated rings. The van der Waals surface area contributed by atoms with Gasteiger partial charge in [0.2, 0.25) is 0 Å². The lowest BCUT2D eigenvalue weighted by Gasteiger charge is -2.15.